The van der Waals surface area contributed by atoms with Crippen molar-refractivity contribution < 1.29 is 4.79 Å². The van der Waals surface area contributed by atoms with Crippen molar-refractivity contribution in [1.29, 1.82) is 0 Å². The van der Waals surface area contributed by atoms with Crippen molar-refractivity contribution in [3.05, 3.63) is 46.7 Å². The van der Waals surface area contributed by atoms with E-state index >= 15 is 0 Å². The lowest BCUT2D eigenvalue weighted by atomic mass is 10.2. The Bertz CT molecular complexity index is 610. The van der Waals surface area contributed by atoms with Crippen molar-refractivity contribution >= 4 is 29.1 Å². The molecule has 0 atom stereocenters. The second kappa shape index (κ2) is 6.31. The lowest BCUT2D eigenvalue weighted by molar-refractivity contribution is 0.102. The molecular weight excluding hydrogens is 278 g/mol. The van der Waals surface area contributed by atoms with Gasteiger partial charge in [0.15, 0.2) is 5.82 Å². The van der Waals surface area contributed by atoms with Crippen LogP contribution in [0.25, 0.3) is 0 Å². The molecule has 0 aliphatic rings. The first kappa shape index (κ1) is 14.2. The van der Waals surface area contributed by atoms with Gasteiger partial charge in [-0.15, -0.1) is 0 Å². The maximum absolute atomic E-state index is 12.2. The molecule has 0 saturated carbocycles. The van der Waals surface area contributed by atoms with E-state index in [0.717, 1.165) is 5.69 Å². The first-order valence-electron chi connectivity index (χ1n) is 6.03. The molecule has 0 fully saturated rings. The predicted molar refractivity (Wildman–Crippen MR) is 78.6 cm³/mol. The van der Waals surface area contributed by atoms with E-state index in [1.807, 2.05) is 6.92 Å². The highest BCUT2D eigenvalue weighted by molar-refractivity contribution is 6.33. The fourth-order valence-corrected chi connectivity index (χ4v) is 1.80. The number of amides is 1. The number of aromatic nitrogens is 2. The summed E-state index contributed by atoms with van der Waals surface area (Å²) < 4.78 is 0. The Labute approximate surface area is 121 Å². The van der Waals surface area contributed by atoms with Gasteiger partial charge in [0.2, 0.25) is 0 Å². The van der Waals surface area contributed by atoms with Gasteiger partial charge in [-0.2, -0.15) is 0 Å². The fourth-order valence-electron chi connectivity index (χ4n) is 1.63. The summed E-state index contributed by atoms with van der Waals surface area (Å²) in [5, 5.41) is 3.03. The number of nitrogens with zero attached hydrogens (tertiary/aromatic N) is 2. The average molecular weight is 292 g/mol. The summed E-state index contributed by atoms with van der Waals surface area (Å²) in [5.41, 5.74) is 3.64. The van der Waals surface area contributed by atoms with Gasteiger partial charge in [-0.1, -0.05) is 18.5 Å². The number of hydrogen-bond acceptors (Lipinski definition) is 5. The summed E-state index contributed by atoms with van der Waals surface area (Å²) in [6.07, 6.45) is 2.25. The molecular formula is C13H14ClN5O. The lowest BCUT2D eigenvalue weighted by Gasteiger charge is -2.09. The zero-order valence-corrected chi connectivity index (χ0v) is 11.6. The van der Waals surface area contributed by atoms with E-state index in [-0.39, 0.29) is 5.91 Å². The summed E-state index contributed by atoms with van der Waals surface area (Å²) >= 11 is 5.95. The number of nitrogen functional groups attached to an aromatic ring is 1. The molecule has 104 valence electrons. The standard InChI is InChI=1S/C13H14ClN5O/c1-2-9-6-8(7-11(17-9)19-15)13(20)18-12-10(14)4-3-5-16-12/h3-7H,2,15H2,1H3,(H,17,19)(H,16,18,20). The topological polar surface area (TPSA) is 92.9 Å². The molecule has 4 N–H and O–H groups in total. The Kier molecular flexibility index (Phi) is 4.49. The molecule has 0 aliphatic heterocycles. The highest BCUT2D eigenvalue weighted by atomic mass is 35.5. The van der Waals surface area contributed by atoms with Crippen LogP contribution >= 0.6 is 11.6 Å². The van der Waals surface area contributed by atoms with Crippen LogP contribution in [-0.4, -0.2) is 15.9 Å². The molecule has 1 amide bonds. The monoisotopic (exact) mass is 291 g/mol. The quantitative estimate of drug-likeness (QED) is 0.593. The molecule has 0 unspecified atom stereocenters. The molecule has 2 rings (SSSR count). The molecule has 6 nitrogen and oxygen atoms in total. The Morgan fingerprint density at radius 2 is 2.25 bits per heavy atom. The zero-order valence-electron chi connectivity index (χ0n) is 10.9. The molecule has 2 heterocycles. The number of nitrogens with one attached hydrogen (secondary N) is 2. The molecule has 7 heteroatoms. The molecule has 0 saturated heterocycles. The maximum atomic E-state index is 12.2. The first-order valence-corrected chi connectivity index (χ1v) is 6.41. The van der Waals surface area contributed by atoms with Crippen molar-refractivity contribution in [2.75, 3.05) is 10.7 Å². The number of halogens is 1. The van der Waals surface area contributed by atoms with E-state index < -0.39 is 0 Å². The van der Waals surface area contributed by atoms with E-state index in [1.54, 1.807) is 30.5 Å². The van der Waals surface area contributed by atoms with Crippen LogP contribution in [0, 0.1) is 0 Å². The van der Waals surface area contributed by atoms with Crippen LogP contribution in [0.5, 0.6) is 0 Å². The van der Waals surface area contributed by atoms with Crippen molar-refractivity contribution in [1.82, 2.24) is 9.97 Å². The summed E-state index contributed by atoms with van der Waals surface area (Å²) in [6.45, 7) is 1.94. The highest BCUT2D eigenvalue weighted by Crippen LogP contribution is 2.19. The van der Waals surface area contributed by atoms with Gasteiger partial charge in [0.25, 0.3) is 5.91 Å². The van der Waals surface area contributed by atoms with Gasteiger partial charge in [0.05, 0.1) is 5.02 Å². The number of nitrogens with two attached hydrogens (primary N) is 1. The molecule has 0 radical (unpaired) electrons. The lowest BCUT2D eigenvalue weighted by Crippen LogP contribution is -2.16. The minimum Gasteiger partial charge on any atom is -0.308 e. The summed E-state index contributed by atoms with van der Waals surface area (Å²) in [4.78, 5) is 20.4. The number of pyridine rings is 2. The Morgan fingerprint density at radius 3 is 2.90 bits per heavy atom. The van der Waals surface area contributed by atoms with E-state index in [1.165, 1.54) is 0 Å². The fraction of sp³-hybridized carbons (Fsp3) is 0.154. The molecule has 20 heavy (non-hydrogen) atoms. The zero-order chi connectivity index (χ0) is 14.5. The first-order chi connectivity index (χ1) is 9.63. The minimum absolute atomic E-state index is 0.316. The Hall–Kier alpha value is -2.18. The van der Waals surface area contributed by atoms with Crippen LogP contribution in [0.1, 0.15) is 23.0 Å². The third kappa shape index (κ3) is 3.23. The molecule has 0 aromatic carbocycles. The summed E-state index contributed by atoms with van der Waals surface area (Å²) in [7, 11) is 0. The second-order valence-corrected chi connectivity index (χ2v) is 4.43. The van der Waals surface area contributed by atoms with Gasteiger partial charge in [0.1, 0.15) is 5.82 Å². The van der Waals surface area contributed by atoms with Crippen molar-refractivity contribution in [3.8, 4) is 0 Å². The van der Waals surface area contributed by atoms with Crippen LogP contribution < -0.4 is 16.6 Å². The number of aryl methyl sites for hydroxylation is 1. The van der Waals surface area contributed by atoms with Gasteiger partial charge in [0, 0.05) is 17.5 Å². The summed E-state index contributed by atoms with van der Waals surface area (Å²) in [6, 6.07) is 6.61. The third-order valence-corrected chi connectivity index (χ3v) is 2.95. The Morgan fingerprint density at radius 1 is 1.45 bits per heavy atom. The van der Waals surface area contributed by atoms with Crippen molar-refractivity contribution in [2.24, 2.45) is 5.84 Å². The van der Waals surface area contributed by atoms with E-state index in [2.05, 4.69) is 20.7 Å². The molecule has 2 aromatic rings. The second-order valence-electron chi connectivity index (χ2n) is 4.02. The van der Waals surface area contributed by atoms with Crippen molar-refractivity contribution in [3.63, 3.8) is 0 Å². The van der Waals surface area contributed by atoms with Crippen LogP contribution in [0.2, 0.25) is 5.02 Å². The average Bonchev–Trinajstić information content (AvgIpc) is 2.48. The van der Waals surface area contributed by atoms with Crippen LogP contribution in [0.3, 0.4) is 0 Å². The number of anilines is 2. The van der Waals surface area contributed by atoms with Gasteiger partial charge in [-0.05, 0) is 30.7 Å². The smallest absolute Gasteiger partial charge is 0.257 e. The minimum atomic E-state index is -0.320. The van der Waals surface area contributed by atoms with Crippen LogP contribution in [0.15, 0.2) is 30.5 Å². The number of rotatable bonds is 4. The largest absolute Gasteiger partial charge is 0.308 e. The van der Waals surface area contributed by atoms with Gasteiger partial charge >= 0.3 is 0 Å². The van der Waals surface area contributed by atoms with E-state index in [9.17, 15) is 4.79 Å². The van der Waals surface area contributed by atoms with Crippen LogP contribution in [0.4, 0.5) is 11.6 Å². The van der Waals surface area contributed by atoms with Gasteiger partial charge in [-0.3, -0.25) is 4.79 Å². The number of hydrogen-bond donors (Lipinski definition) is 3. The highest BCUT2D eigenvalue weighted by Gasteiger charge is 2.11. The van der Waals surface area contributed by atoms with E-state index in [4.69, 9.17) is 17.4 Å². The molecule has 0 bridgehead atoms. The molecule has 0 spiro atoms. The third-order valence-electron chi connectivity index (χ3n) is 2.64. The SMILES string of the molecule is CCc1cc(C(=O)Nc2ncccc2Cl)cc(NN)n1. The number of carbonyl (C=O) groups excluding carboxylic acids is 1. The van der Waals surface area contributed by atoms with Crippen LogP contribution in [-0.2, 0) is 6.42 Å². The van der Waals surface area contributed by atoms with Gasteiger partial charge < -0.3 is 10.7 Å². The normalized spacial score (nSPS) is 10.2. The number of hydrazine groups is 1. The number of carbonyl (C=O) groups is 1. The molecule has 2 aromatic heterocycles. The van der Waals surface area contributed by atoms with Crippen molar-refractivity contribution in [2.45, 2.75) is 13.3 Å². The Balaban J connectivity index is 2.27. The summed E-state index contributed by atoms with van der Waals surface area (Å²) in [5.74, 6) is 5.77. The van der Waals surface area contributed by atoms with Gasteiger partial charge in [-0.25, -0.2) is 15.8 Å². The maximum Gasteiger partial charge on any atom is 0.257 e. The predicted octanol–water partition coefficient (Wildman–Crippen LogP) is 2.23. The van der Waals surface area contributed by atoms with E-state index in [0.29, 0.717) is 28.6 Å². The molecule has 0 aliphatic carbocycles.